The Bertz CT molecular complexity index is 174. The van der Waals surface area contributed by atoms with Gasteiger partial charge in [-0.25, -0.2) is 0 Å². The van der Waals surface area contributed by atoms with Crippen LogP contribution in [0.5, 0.6) is 0 Å². The molecule has 0 radical (unpaired) electrons. The first kappa shape index (κ1) is 17.8. The van der Waals surface area contributed by atoms with Gasteiger partial charge in [0.2, 0.25) is 0 Å². The molecular formula is C12H28N2O2. The predicted octanol–water partition coefficient (Wildman–Crippen LogP) is 1.46. The van der Waals surface area contributed by atoms with Crippen LogP contribution in [0.1, 0.15) is 27.7 Å². The normalized spacial score (nSPS) is 21.1. The summed E-state index contributed by atoms with van der Waals surface area (Å²) in [5.41, 5.74) is 0. The molecule has 1 heterocycles. The molecule has 4 heteroatoms. The number of hydrogen-bond acceptors (Lipinski definition) is 4. The largest absolute Gasteiger partial charge is 0.468 e. The molecule has 4 nitrogen and oxygen atoms in total. The van der Waals surface area contributed by atoms with Gasteiger partial charge >= 0.3 is 5.97 Å². The summed E-state index contributed by atoms with van der Waals surface area (Å²) in [4.78, 5) is 15.4. The zero-order chi connectivity index (χ0) is 13.1. The van der Waals surface area contributed by atoms with Gasteiger partial charge in [-0.05, 0) is 14.1 Å². The molecule has 16 heavy (non-hydrogen) atoms. The monoisotopic (exact) mass is 232 g/mol. The Morgan fingerprint density at radius 2 is 1.62 bits per heavy atom. The van der Waals surface area contributed by atoms with Gasteiger partial charge in [0.15, 0.2) is 0 Å². The first-order valence-corrected chi connectivity index (χ1v) is 6.11. The number of hydrogen-bond donors (Lipinski definition) is 0. The van der Waals surface area contributed by atoms with E-state index in [9.17, 15) is 4.79 Å². The van der Waals surface area contributed by atoms with Crippen LogP contribution in [0.15, 0.2) is 0 Å². The van der Waals surface area contributed by atoms with Gasteiger partial charge in [0.1, 0.15) is 6.04 Å². The lowest BCUT2D eigenvalue weighted by atomic mass is 10.2. The second-order valence-corrected chi connectivity index (χ2v) is 3.28. The molecule has 0 N–H and O–H groups in total. The number of carbonyl (C=O) groups excluding carboxylic acids is 1. The molecule has 1 aliphatic heterocycles. The Hall–Kier alpha value is -0.610. The van der Waals surface area contributed by atoms with E-state index in [2.05, 4.69) is 4.90 Å². The van der Waals surface area contributed by atoms with E-state index in [4.69, 9.17) is 4.74 Å². The molecule has 0 amide bonds. The lowest BCUT2D eigenvalue weighted by molar-refractivity contribution is -0.148. The summed E-state index contributed by atoms with van der Waals surface area (Å²) in [7, 11) is 5.41. The lowest BCUT2D eigenvalue weighted by Crippen LogP contribution is -2.53. The molecule has 0 bridgehead atoms. The van der Waals surface area contributed by atoms with Crippen molar-refractivity contribution in [2.75, 3.05) is 40.8 Å². The van der Waals surface area contributed by atoms with E-state index < -0.39 is 0 Å². The quantitative estimate of drug-likeness (QED) is 0.641. The Morgan fingerprint density at radius 1 is 1.12 bits per heavy atom. The van der Waals surface area contributed by atoms with Gasteiger partial charge in [-0.2, -0.15) is 0 Å². The van der Waals surface area contributed by atoms with Crippen LogP contribution in [0.3, 0.4) is 0 Å². The second kappa shape index (κ2) is 10.9. The molecule has 0 aromatic rings. The summed E-state index contributed by atoms with van der Waals surface area (Å²) in [5.74, 6) is -0.135. The van der Waals surface area contributed by atoms with Crippen molar-refractivity contribution in [1.29, 1.82) is 0 Å². The number of methoxy groups -OCH3 is 1. The molecule has 1 rings (SSSR count). The summed E-state index contributed by atoms with van der Waals surface area (Å²) >= 11 is 0. The maximum Gasteiger partial charge on any atom is 0.324 e. The standard InChI is InChI=1S/C8H16N2O2.2C2H6/c1-9-4-5-10(2)7(6-9)8(11)12-3;2*1-2/h7H,4-6H2,1-3H3;2*1-2H3. The molecule has 0 aromatic heterocycles. The number of nitrogens with zero attached hydrogens (tertiary/aromatic N) is 2. The summed E-state index contributed by atoms with van der Waals surface area (Å²) < 4.78 is 4.70. The highest BCUT2D eigenvalue weighted by Crippen LogP contribution is 2.06. The highest BCUT2D eigenvalue weighted by Gasteiger charge is 2.28. The van der Waals surface area contributed by atoms with Gasteiger partial charge in [0, 0.05) is 19.6 Å². The van der Waals surface area contributed by atoms with Crippen molar-refractivity contribution in [3.05, 3.63) is 0 Å². The van der Waals surface area contributed by atoms with Gasteiger partial charge in [0.25, 0.3) is 0 Å². The van der Waals surface area contributed by atoms with Crippen molar-refractivity contribution in [2.24, 2.45) is 0 Å². The van der Waals surface area contributed by atoms with Gasteiger partial charge in [0.05, 0.1) is 7.11 Å². The van der Waals surface area contributed by atoms with Crippen molar-refractivity contribution < 1.29 is 9.53 Å². The zero-order valence-electron chi connectivity index (χ0n) is 11.9. The van der Waals surface area contributed by atoms with Crippen molar-refractivity contribution in [1.82, 2.24) is 9.80 Å². The molecule has 1 aliphatic rings. The van der Waals surface area contributed by atoms with E-state index >= 15 is 0 Å². The molecule has 0 spiro atoms. The number of piperazine rings is 1. The Kier molecular flexibility index (Phi) is 12.1. The minimum Gasteiger partial charge on any atom is -0.468 e. The predicted molar refractivity (Wildman–Crippen MR) is 68.6 cm³/mol. The number of ether oxygens (including phenoxy) is 1. The van der Waals surface area contributed by atoms with E-state index in [0.29, 0.717) is 0 Å². The summed E-state index contributed by atoms with van der Waals surface area (Å²) in [6.07, 6.45) is 0. The SMILES string of the molecule is CC.CC.COC(=O)C1CN(C)CCN1C. The molecule has 1 atom stereocenters. The lowest BCUT2D eigenvalue weighted by Gasteiger charge is -2.35. The molecule has 0 aromatic carbocycles. The van der Waals surface area contributed by atoms with Crippen LogP contribution in [-0.2, 0) is 9.53 Å². The molecule has 1 fully saturated rings. The number of carbonyl (C=O) groups is 1. The van der Waals surface area contributed by atoms with Crippen molar-refractivity contribution in [2.45, 2.75) is 33.7 Å². The van der Waals surface area contributed by atoms with Crippen LogP contribution in [0.2, 0.25) is 0 Å². The number of esters is 1. The summed E-state index contributed by atoms with van der Waals surface area (Å²) in [6, 6.07) is -0.0891. The fraction of sp³-hybridized carbons (Fsp3) is 0.917. The third-order valence-electron chi connectivity index (χ3n) is 2.32. The highest BCUT2D eigenvalue weighted by atomic mass is 16.5. The maximum atomic E-state index is 11.2. The van der Waals surface area contributed by atoms with E-state index in [1.165, 1.54) is 7.11 Å². The van der Waals surface area contributed by atoms with Crippen molar-refractivity contribution >= 4 is 5.97 Å². The molecule has 1 saturated heterocycles. The first-order chi connectivity index (χ1) is 7.65. The third kappa shape index (κ3) is 6.08. The Labute approximate surface area is 101 Å². The van der Waals surface area contributed by atoms with E-state index in [-0.39, 0.29) is 12.0 Å². The molecule has 98 valence electrons. The number of rotatable bonds is 1. The maximum absolute atomic E-state index is 11.2. The van der Waals surface area contributed by atoms with E-state index in [0.717, 1.165) is 19.6 Å². The van der Waals surface area contributed by atoms with E-state index in [1.54, 1.807) is 0 Å². The van der Waals surface area contributed by atoms with Gasteiger partial charge in [-0.1, -0.05) is 27.7 Å². The highest BCUT2D eigenvalue weighted by molar-refractivity contribution is 5.76. The van der Waals surface area contributed by atoms with Gasteiger partial charge in [-0.15, -0.1) is 0 Å². The van der Waals surface area contributed by atoms with Crippen LogP contribution < -0.4 is 0 Å². The summed E-state index contributed by atoms with van der Waals surface area (Å²) in [6.45, 7) is 10.7. The third-order valence-corrected chi connectivity index (χ3v) is 2.32. The Balaban J connectivity index is 0. The molecule has 0 aliphatic carbocycles. The first-order valence-electron chi connectivity index (χ1n) is 6.11. The second-order valence-electron chi connectivity index (χ2n) is 3.28. The fourth-order valence-corrected chi connectivity index (χ4v) is 1.40. The van der Waals surface area contributed by atoms with Crippen LogP contribution in [-0.4, -0.2) is 62.7 Å². The van der Waals surface area contributed by atoms with Crippen LogP contribution in [0, 0.1) is 0 Å². The van der Waals surface area contributed by atoms with Crippen LogP contribution >= 0.6 is 0 Å². The van der Waals surface area contributed by atoms with Gasteiger partial charge < -0.3 is 9.64 Å². The minimum absolute atomic E-state index is 0.0891. The van der Waals surface area contributed by atoms with Crippen LogP contribution in [0.25, 0.3) is 0 Å². The number of likely N-dealkylation sites (N-methyl/N-ethyl adjacent to an activating group) is 2. The zero-order valence-corrected chi connectivity index (χ0v) is 11.9. The molecular weight excluding hydrogens is 204 g/mol. The van der Waals surface area contributed by atoms with Crippen molar-refractivity contribution in [3.8, 4) is 0 Å². The molecule has 0 saturated carbocycles. The fourth-order valence-electron chi connectivity index (χ4n) is 1.40. The topological polar surface area (TPSA) is 32.8 Å². The minimum atomic E-state index is -0.135. The Morgan fingerprint density at radius 3 is 2.06 bits per heavy atom. The van der Waals surface area contributed by atoms with Gasteiger partial charge in [-0.3, -0.25) is 9.69 Å². The smallest absolute Gasteiger partial charge is 0.324 e. The average molecular weight is 232 g/mol. The molecule has 1 unspecified atom stereocenters. The van der Waals surface area contributed by atoms with Crippen LogP contribution in [0.4, 0.5) is 0 Å². The van der Waals surface area contributed by atoms with Crippen molar-refractivity contribution in [3.63, 3.8) is 0 Å². The summed E-state index contributed by atoms with van der Waals surface area (Å²) in [5, 5.41) is 0. The van der Waals surface area contributed by atoms with E-state index in [1.807, 2.05) is 46.7 Å². The average Bonchev–Trinajstić information content (AvgIpc) is 2.36.